The average molecular weight is 222 g/mol. The molecule has 0 radical (unpaired) electrons. The minimum absolute atomic E-state index is 0.0922. The average Bonchev–Trinajstić information content (AvgIpc) is 2.28. The summed E-state index contributed by atoms with van der Waals surface area (Å²) in [7, 11) is 1.20. The van der Waals surface area contributed by atoms with Crippen LogP contribution in [0.4, 0.5) is 0 Å². The zero-order valence-corrected chi connectivity index (χ0v) is 8.60. The predicted octanol–water partition coefficient (Wildman–Crippen LogP) is 1.13. The van der Waals surface area contributed by atoms with Crippen molar-refractivity contribution in [1.82, 2.24) is 0 Å². The molecule has 0 aromatic heterocycles. The second-order valence-corrected chi connectivity index (χ2v) is 3.06. The fraction of sp³-hybridized carbons (Fsp3) is 0.182. The molecule has 5 nitrogen and oxygen atoms in total. The summed E-state index contributed by atoms with van der Waals surface area (Å²) in [5.41, 5.74) is 0.380. The van der Waals surface area contributed by atoms with Crippen molar-refractivity contribution >= 4 is 17.7 Å². The summed E-state index contributed by atoms with van der Waals surface area (Å²) in [6, 6.07) is 5.36. The number of carboxylic acids is 1. The van der Waals surface area contributed by atoms with Gasteiger partial charge in [-0.3, -0.25) is 9.59 Å². The van der Waals surface area contributed by atoms with Crippen molar-refractivity contribution in [2.24, 2.45) is 0 Å². The van der Waals surface area contributed by atoms with Gasteiger partial charge in [0.25, 0.3) is 0 Å². The van der Waals surface area contributed by atoms with E-state index < -0.39 is 17.7 Å². The Bertz CT molecular complexity index is 419. The topological polar surface area (TPSA) is 80.7 Å². The van der Waals surface area contributed by atoms with Gasteiger partial charge >= 0.3 is 11.9 Å². The van der Waals surface area contributed by atoms with Crippen molar-refractivity contribution in [3.8, 4) is 0 Å². The molecule has 5 heteroatoms. The molecule has 0 spiro atoms. The normalized spacial score (nSPS) is 9.56. The zero-order chi connectivity index (χ0) is 12.1. The van der Waals surface area contributed by atoms with Crippen molar-refractivity contribution in [3.63, 3.8) is 0 Å². The molecule has 0 saturated heterocycles. The number of methoxy groups -OCH3 is 1. The third-order valence-electron chi connectivity index (χ3n) is 1.99. The van der Waals surface area contributed by atoms with Crippen molar-refractivity contribution in [1.29, 1.82) is 0 Å². The van der Waals surface area contributed by atoms with Gasteiger partial charge in [0.15, 0.2) is 5.78 Å². The number of ether oxygens (including phenoxy) is 1. The van der Waals surface area contributed by atoms with Crippen LogP contribution < -0.4 is 0 Å². The van der Waals surface area contributed by atoms with Crippen LogP contribution in [0.5, 0.6) is 0 Å². The summed E-state index contributed by atoms with van der Waals surface area (Å²) in [4.78, 5) is 32.8. The number of Topliss-reactive ketones (excluding diaryl/α,β-unsaturated/α-hetero) is 1. The molecule has 0 aliphatic carbocycles. The van der Waals surface area contributed by atoms with Gasteiger partial charge in [0, 0.05) is 5.56 Å². The van der Waals surface area contributed by atoms with Crippen LogP contribution in [-0.4, -0.2) is 29.9 Å². The number of aromatic carboxylic acids is 1. The predicted molar refractivity (Wildman–Crippen MR) is 54.4 cm³/mol. The third-order valence-corrected chi connectivity index (χ3v) is 1.99. The smallest absolute Gasteiger partial charge is 0.335 e. The summed E-state index contributed by atoms with van der Waals surface area (Å²) in [5.74, 6) is -2.08. The first-order valence-corrected chi connectivity index (χ1v) is 4.48. The van der Waals surface area contributed by atoms with Crippen LogP contribution in [0.3, 0.4) is 0 Å². The van der Waals surface area contributed by atoms with Gasteiger partial charge in [-0.05, 0) is 12.1 Å². The highest BCUT2D eigenvalue weighted by Gasteiger charge is 2.12. The van der Waals surface area contributed by atoms with Crippen molar-refractivity contribution in [3.05, 3.63) is 35.4 Å². The molecule has 0 bridgehead atoms. The van der Waals surface area contributed by atoms with Crippen LogP contribution in [0.2, 0.25) is 0 Å². The Morgan fingerprint density at radius 1 is 1.12 bits per heavy atom. The number of hydrogen-bond acceptors (Lipinski definition) is 4. The number of ketones is 1. The maximum Gasteiger partial charge on any atom is 0.335 e. The monoisotopic (exact) mass is 222 g/mol. The van der Waals surface area contributed by atoms with Crippen molar-refractivity contribution < 1.29 is 24.2 Å². The van der Waals surface area contributed by atoms with Crippen molar-refractivity contribution in [2.75, 3.05) is 7.11 Å². The first kappa shape index (κ1) is 11.9. The molecule has 0 atom stereocenters. The van der Waals surface area contributed by atoms with Gasteiger partial charge in [-0.15, -0.1) is 0 Å². The minimum Gasteiger partial charge on any atom is -0.478 e. The Morgan fingerprint density at radius 2 is 1.62 bits per heavy atom. The first-order chi connectivity index (χ1) is 7.54. The zero-order valence-electron chi connectivity index (χ0n) is 8.60. The lowest BCUT2D eigenvalue weighted by atomic mass is 10.1. The second-order valence-electron chi connectivity index (χ2n) is 3.06. The molecule has 16 heavy (non-hydrogen) atoms. The standard InChI is InChI=1S/C11H10O5/c1-16-10(13)6-9(12)7-2-4-8(5-3-7)11(14)15/h2-5H,6H2,1H3,(H,14,15). The van der Waals surface area contributed by atoms with Crippen LogP contribution in [0, 0.1) is 0 Å². The Kier molecular flexibility index (Phi) is 3.77. The van der Waals surface area contributed by atoms with Gasteiger partial charge in [0.1, 0.15) is 6.42 Å². The van der Waals surface area contributed by atoms with E-state index in [9.17, 15) is 14.4 Å². The number of rotatable bonds is 4. The van der Waals surface area contributed by atoms with Gasteiger partial charge in [0.05, 0.1) is 12.7 Å². The molecular weight excluding hydrogens is 212 g/mol. The lowest BCUT2D eigenvalue weighted by Gasteiger charge is -2.00. The highest BCUT2D eigenvalue weighted by molar-refractivity contribution is 6.06. The molecule has 0 amide bonds. The van der Waals surface area contributed by atoms with Gasteiger partial charge < -0.3 is 9.84 Å². The van der Waals surface area contributed by atoms with E-state index in [2.05, 4.69) is 4.74 Å². The van der Waals surface area contributed by atoms with E-state index in [1.54, 1.807) is 0 Å². The van der Waals surface area contributed by atoms with Gasteiger partial charge in [-0.25, -0.2) is 4.79 Å². The van der Waals surface area contributed by atoms with E-state index in [-0.39, 0.29) is 17.5 Å². The van der Waals surface area contributed by atoms with Crippen molar-refractivity contribution in [2.45, 2.75) is 6.42 Å². The molecule has 1 aromatic rings. The fourth-order valence-corrected chi connectivity index (χ4v) is 1.10. The van der Waals surface area contributed by atoms with Crippen LogP contribution in [-0.2, 0) is 9.53 Å². The first-order valence-electron chi connectivity index (χ1n) is 4.48. The number of carbonyl (C=O) groups is 3. The molecule has 1 aromatic carbocycles. The van der Waals surface area contributed by atoms with Crippen LogP contribution in [0.1, 0.15) is 27.1 Å². The molecule has 84 valence electrons. The lowest BCUT2D eigenvalue weighted by Crippen LogP contribution is -2.09. The van der Waals surface area contributed by atoms with E-state index in [0.717, 1.165) is 0 Å². The fourth-order valence-electron chi connectivity index (χ4n) is 1.10. The maximum absolute atomic E-state index is 11.4. The summed E-state index contributed by atoms with van der Waals surface area (Å²) in [6.07, 6.45) is -0.344. The van der Waals surface area contributed by atoms with Crippen LogP contribution >= 0.6 is 0 Å². The highest BCUT2D eigenvalue weighted by Crippen LogP contribution is 2.07. The number of esters is 1. The number of carboxylic acid groups (broad SMARTS) is 1. The minimum atomic E-state index is -1.06. The van der Waals surface area contributed by atoms with Gasteiger partial charge in [-0.1, -0.05) is 12.1 Å². The van der Waals surface area contributed by atoms with E-state index >= 15 is 0 Å². The Morgan fingerprint density at radius 3 is 2.06 bits per heavy atom. The van der Waals surface area contributed by atoms with E-state index in [0.29, 0.717) is 0 Å². The molecular formula is C11H10O5. The summed E-state index contributed by atoms with van der Waals surface area (Å²) < 4.78 is 4.35. The molecule has 1 rings (SSSR count). The molecule has 1 N–H and O–H groups in total. The molecule has 0 aliphatic rings. The summed E-state index contributed by atoms with van der Waals surface area (Å²) >= 11 is 0. The van der Waals surface area contributed by atoms with Gasteiger partial charge in [-0.2, -0.15) is 0 Å². The SMILES string of the molecule is COC(=O)CC(=O)c1ccc(C(=O)O)cc1. The Hall–Kier alpha value is -2.17. The van der Waals surface area contributed by atoms with E-state index in [4.69, 9.17) is 5.11 Å². The quantitative estimate of drug-likeness (QED) is 0.469. The second kappa shape index (κ2) is 5.06. The lowest BCUT2D eigenvalue weighted by molar-refractivity contribution is -0.139. The van der Waals surface area contributed by atoms with Crippen LogP contribution in [0.25, 0.3) is 0 Å². The number of carbonyl (C=O) groups excluding carboxylic acids is 2. The number of hydrogen-bond donors (Lipinski definition) is 1. The molecule has 0 heterocycles. The maximum atomic E-state index is 11.4. The van der Waals surface area contributed by atoms with E-state index in [1.165, 1.54) is 31.4 Å². The molecule has 0 unspecified atom stereocenters. The summed E-state index contributed by atoms with van der Waals surface area (Å²) in [5, 5.41) is 8.64. The largest absolute Gasteiger partial charge is 0.478 e. The molecule has 0 aliphatic heterocycles. The highest BCUT2D eigenvalue weighted by atomic mass is 16.5. The third kappa shape index (κ3) is 2.91. The Balaban J connectivity index is 2.78. The van der Waals surface area contributed by atoms with Gasteiger partial charge in [0.2, 0.25) is 0 Å². The van der Waals surface area contributed by atoms with Crippen LogP contribution in [0.15, 0.2) is 24.3 Å². The molecule has 0 saturated carbocycles. The Labute approximate surface area is 91.6 Å². The summed E-state index contributed by atoms with van der Waals surface area (Å²) in [6.45, 7) is 0. The molecule has 0 fully saturated rings. The number of benzene rings is 1. The van der Waals surface area contributed by atoms with E-state index in [1.807, 2.05) is 0 Å².